The number of benzene rings is 1. The van der Waals surface area contributed by atoms with Gasteiger partial charge < -0.3 is 14.8 Å². The van der Waals surface area contributed by atoms with Crippen LogP contribution in [-0.2, 0) is 14.3 Å². The number of nitrogens with one attached hydrogen (secondary N) is 1. The lowest BCUT2D eigenvalue weighted by atomic mass is 10.0. The summed E-state index contributed by atoms with van der Waals surface area (Å²) in [6, 6.07) is 6.49. The molecule has 0 aromatic heterocycles. The standard InChI is InChI=1S/C18H27FN2O3/c1-3-17(24-4-2)18(22)20-13-16(21-8-10-23-11-9-21)14-6-5-7-15(19)12-14/h5-7,12,16-17H,3-4,8-11,13H2,1-2H3,(H,20,22). The number of carbonyl (C=O) groups excluding carboxylic acids is 1. The molecule has 1 aliphatic heterocycles. The number of nitrogens with zero attached hydrogens (tertiary/aromatic N) is 1. The predicted molar refractivity (Wildman–Crippen MR) is 90.2 cm³/mol. The van der Waals surface area contributed by atoms with Gasteiger partial charge in [-0.15, -0.1) is 0 Å². The van der Waals surface area contributed by atoms with Crippen molar-refractivity contribution >= 4 is 5.91 Å². The molecule has 2 rings (SSSR count). The van der Waals surface area contributed by atoms with Crippen molar-refractivity contribution < 1.29 is 18.7 Å². The molecule has 5 nitrogen and oxygen atoms in total. The SMILES string of the molecule is CCOC(CC)C(=O)NCC(c1cccc(F)c1)N1CCOCC1. The number of hydrogen-bond donors (Lipinski definition) is 1. The summed E-state index contributed by atoms with van der Waals surface area (Å²) in [6.45, 7) is 7.55. The number of morpholine rings is 1. The van der Waals surface area contributed by atoms with E-state index >= 15 is 0 Å². The lowest BCUT2D eigenvalue weighted by Gasteiger charge is -2.35. The van der Waals surface area contributed by atoms with E-state index in [2.05, 4.69) is 10.2 Å². The zero-order valence-corrected chi connectivity index (χ0v) is 14.5. The fraction of sp³-hybridized carbons (Fsp3) is 0.611. The van der Waals surface area contributed by atoms with E-state index in [1.165, 1.54) is 12.1 Å². The molecule has 2 unspecified atom stereocenters. The van der Waals surface area contributed by atoms with Crippen LogP contribution >= 0.6 is 0 Å². The Bertz CT molecular complexity index is 521. The molecular weight excluding hydrogens is 311 g/mol. The van der Waals surface area contributed by atoms with Crippen LogP contribution < -0.4 is 5.32 Å². The molecule has 1 aliphatic rings. The summed E-state index contributed by atoms with van der Waals surface area (Å²) in [5, 5.41) is 2.96. The molecule has 0 bridgehead atoms. The predicted octanol–water partition coefficient (Wildman–Crippen LogP) is 2.13. The first kappa shape index (κ1) is 18.8. The second kappa shape index (κ2) is 9.71. The Kier molecular flexibility index (Phi) is 7.62. The van der Waals surface area contributed by atoms with Crippen molar-refractivity contribution in [3.05, 3.63) is 35.6 Å². The van der Waals surface area contributed by atoms with Gasteiger partial charge in [0.05, 0.1) is 19.3 Å². The maximum absolute atomic E-state index is 13.6. The average molecular weight is 338 g/mol. The van der Waals surface area contributed by atoms with Crippen LogP contribution in [0, 0.1) is 5.82 Å². The van der Waals surface area contributed by atoms with Crippen LogP contribution in [0.5, 0.6) is 0 Å². The summed E-state index contributed by atoms with van der Waals surface area (Å²) in [4.78, 5) is 14.5. The Hall–Kier alpha value is -1.50. The van der Waals surface area contributed by atoms with Crippen LogP contribution in [0.4, 0.5) is 4.39 Å². The minimum absolute atomic E-state index is 0.0762. The summed E-state index contributed by atoms with van der Waals surface area (Å²) in [7, 11) is 0. The summed E-state index contributed by atoms with van der Waals surface area (Å²) >= 11 is 0. The molecule has 0 aliphatic carbocycles. The van der Waals surface area contributed by atoms with Gasteiger partial charge in [0.25, 0.3) is 0 Å². The first-order valence-corrected chi connectivity index (χ1v) is 8.62. The lowest BCUT2D eigenvalue weighted by molar-refractivity contribution is -0.133. The van der Waals surface area contributed by atoms with Crippen molar-refractivity contribution in [2.45, 2.75) is 32.4 Å². The van der Waals surface area contributed by atoms with Crippen LogP contribution in [0.15, 0.2) is 24.3 Å². The Labute approximate surface area is 143 Å². The van der Waals surface area contributed by atoms with Gasteiger partial charge in [0, 0.05) is 26.2 Å². The molecule has 0 spiro atoms. The van der Waals surface area contributed by atoms with Crippen molar-refractivity contribution in [1.29, 1.82) is 0 Å². The molecule has 134 valence electrons. The number of ether oxygens (including phenoxy) is 2. The monoisotopic (exact) mass is 338 g/mol. The van der Waals surface area contributed by atoms with Crippen molar-refractivity contribution in [3.8, 4) is 0 Å². The van der Waals surface area contributed by atoms with Crippen molar-refractivity contribution in [3.63, 3.8) is 0 Å². The van der Waals surface area contributed by atoms with E-state index in [4.69, 9.17) is 9.47 Å². The maximum Gasteiger partial charge on any atom is 0.249 e. The Balaban J connectivity index is 2.07. The molecular formula is C18H27FN2O3. The number of halogens is 1. The van der Waals surface area contributed by atoms with Crippen molar-refractivity contribution in [2.24, 2.45) is 0 Å². The highest BCUT2D eigenvalue weighted by atomic mass is 19.1. The smallest absolute Gasteiger partial charge is 0.249 e. The summed E-state index contributed by atoms with van der Waals surface area (Å²) < 4.78 is 24.5. The number of rotatable bonds is 8. The molecule has 1 heterocycles. The molecule has 0 saturated carbocycles. The molecule has 1 amide bonds. The van der Waals surface area contributed by atoms with Crippen molar-refractivity contribution in [2.75, 3.05) is 39.5 Å². The highest BCUT2D eigenvalue weighted by Crippen LogP contribution is 2.22. The quantitative estimate of drug-likeness (QED) is 0.789. The number of carbonyl (C=O) groups is 1. The highest BCUT2D eigenvalue weighted by molar-refractivity contribution is 5.80. The van der Waals surface area contributed by atoms with E-state index in [0.717, 1.165) is 18.7 Å². The minimum atomic E-state index is -0.437. The molecule has 1 saturated heterocycles. The van der Waals surface area contributed by atoms with Gasteiger partial charge in [-0.2, -0.15) is 0 Å². The summed E-state index contributed by atoms with van der Waals surface area (Å²) in [5.74, 6) is -0.383. The lowest BCUT2D eigenvalue weighted by Crippen LogP contribution is -2.45. The van der Waals surface area contributed by atoms with Gasteiger partial charge in [-0.3, -0.25) is 9.69 Å². The van der Waals surface area contributed by atoms with E-state index < -0.39 is 6.10 Å². The third-order valence-corrected chi connectivity index (χ3v) is 4.22. The summed E-state index contributed by atoms with van der Waals surface area (Å²) in [5.41, 5.74) is 0.863. The van der Waals surface area contributed by atoms with E-state index in [9.17, 15) is 9.18 Å². The normalized spacial score (nSPS) is 18.1. The molecule has 1 fully saturated rings. The Morgan fingerprint density at radius 1 is 1.38 bits per heavy atom. The number of hydrogen-bond acceptors (Lipinski definition) is 4. The van der Waals surface area contributed by atoms with Crippen LogP contribution in [0.25, 0.3) is 0 Å². The van der Waals surface area contributed by atoms with Crippen LogP contribution in [0.3, 0.4) is 0 Å². The van der Waals surface area contributed by atoms with E-state index in [1.807, 2.05) is 19.9 Å². The Morgan fingerprint density at radius 3 is 2.75 bits per heavy atom. The van der Waals surface area contributed by atoms with Crippen LogP contribution in [-0.4, -0.2) is 56.4 Å². The van der Waals surface area contributed by atoms with Gasteiger partial charge >= 0.3 is 0 Å². The largest absolute Gasteiger partial charge is 0.379 e. The van der Waals surface area contributed by atoms with E-state index in [-0.39, 0.29) is 17.8 Å². The minimum Gasteiger partial charge on any atom is -0.379 e. The van der Waals surface area contributed by atoms with E-state index in [0.29, 0.717) is 32.8 Å². The third kappa shape index (κ3) is 5.26. The van der Waals surface area contributed by atoms with Gasteiger partial charge in [-0.05, 0) is 31.0 Å². The zero-order chi connectivity index (χ0) is 17.4. The van der Waals surface area contributed by atoms with Gasteiger partial charge in [-0.25, -0.2) is 4.39 Å². The molecule has 1 aromatic carbocycles. The van der Waals surface area contributed by atoms with Gasteiger partial charge in [0.2, 0.25) is 5.91 Å². The van der Waals surface area contributed by atoms with Gasteiger partial charge in [-0.1, -0.05) is 19.1 Å². The third-order valence-electron chi connectivity index (χ3n) is 4.22. The molecule has 1 N–H and O–H groups in total. The van der Waals surface area contributed by atoms with Gasteiger partial charge in [0.15, 0.2) is 0 Å². The first-order valence-electron chi connectivity index (χ1n) is 8.62. The molecule has 1 aromatic rings. The second-order valence-corrected chi connectivity index (χ2v) is 5.82. The van der Waals surface area contributed by atoms with Crippen LogP contribution in [0.1, 0.15) is 31.9 Å². The molecule has 2 atom stereocenters. The highest BCUT2D eigenvalue weighted by Gasteiger charge is 2.25. The second-order valence-electron chi connectivity index (χ2n) is 5.82. The fourth-order valence-corrected chi connectivity index (χ4v) is 2.95. The Morgan fingerprint density at radius 2 is 2.12 bits per heavy atom. The topological polar surface area (TPSA) is 50.8 Å². The molecule has 6 heteroatoms. The fourth-order valence-electron chi connectivity index (χ4n) is 2.95. The first-order chi connectivity index (χ1) is 11.7. The zero-order valence-electron chi connectivity index (χ0n) is 14.5. The van der Waals surface area contributed by atoms with Crippen molar-refractivity contribution in [1.82, 2.24) is 10.2 Å². The summed E-state index contributed by atoms with van der Waals surface area (Å²) in [6.07, 6.45) is 0.190. The molecule has 0 radical (unpaired) electrons. The maximum atomic E-state index is 13.6. The number of amides is 1. The van der Waals surface area contributed by atoms with E-state index in [1.54, 1.807) is 6.07 Å². The van der Waals surface area contributed by atoms with Gasteiger partial charge in [0.1, 0.15) is 11.9 Å². The molecule has 24 heavy (non-hydrogen) atoms. The average Bonchev–Trinajstić information content (AvgIpc) is 2.60. The van der Waals surface area contributed by atoms with Crippen LogP contribution in [0.2, 0.25) is 0 Å².